The maximum absolute atomic E-state index is 12.0. The number of rotatable bonds is 3. The van der Waals surface area contributed by atoms with Gasteiger partial charge in [0.25, 0.3) is 5.56 Å². The molecule has 1 fully saturated rings. The Morgan fingerprint density at radius 3 is 2.92 bits per heavy atom. The van der Waals surface area contributed by atoms with Crippen molar-refractivity contribution in [2.24, 2.45) is 5.92 Å². The summed E-state index contributed by atoms with van der Waals surface area (Å²) < 4.78 is 7.21. The summed E-state index contributed by atoms with van der Waals surface area (Å²) >= 11 is 0. The standard InChI is InChI=1S/C18H23N5O2/c1-13-2-3-17(24)23(21-13)10-14-4-7-22(8-5-14)18-15-11-25-9-6-16(15)19-12-20-18/h2-3,12,14H,4-11H2,1H3. The van der Waals surface area contributed by atoms with Crippen LogP contribution in [0, 0.1) is 12.8 Å². The Bertz CT molecular complexity index is 811. The largest absolute Gasteiger partial charge is 0.376 e. The molecule has 0 atom stereocenters. The molecule has 0 spiro atoms. The van der Waals surface area contributed by atoms with Gasteiger partial charge in [-0.3, -0.25) is 4.79 Å². The lowest BCUT2D eigenvalue weighted by atomic mass is 9.96. The van der Waals surface area contributed by atoms with Crippen molar-refractivity contribution in [3.8, 4) is 0 Å². The van der Waals surface area contributed by atoms with Crippen LogP contribution in [-0.4, -0.2) is 39.4 Å². The summed E-state index contributed by atoms with van der Waals surface area (Å²) in [6.07, 6.45) is 4.59. The molecule has 0 aromatic carbocycles. The Morgan fingerprint density at radius 1 is 1.24 bits per heavy atom. The van der Waals surface area contributed by atoms with Gasteiger partial charge in [0.2, 0.25) is 0 Å². The van der Waals surface area contributed by atoms with Crippen LogP contribution in [0.3, 0.4) is 0 Å². The van der Waals surface area contributed by atoms with E-state index in [4.69, 9.17) is 4.74 Å². The first-order valence-corrected chi connectivity index (χ1v) is 8.91. The summed E-state index contributed by atoms with van der Waals surface area (Å²) in [5, 5.41) is 4.36. The summed E-state index contributed by atoms with van der Waals surface area (Å²) in [6.45, 7) is 5.83. The molecule has 2 aromatic rings. The molecule has 0 aliphatic carbocycles. The summed E-state index contributed by atoms with van der Waals surface area (Å²) in [5.41, 5.74) is 3.12. The summed E-state index contributed by atoms with van der Waals surface area (Å²) in [5.74, 6) is 1.49. The minimum atomic E-state index is -0.0185. The molecule has 0 N–H and O–H groups in total. The van der Waals surface area contributed by atoms with Crippen LogP contribution >= 0.6 is 0 Å². The van der Waals surface area contributed by atoms with E-state index < -0.39 is 0 Å². The van der Waals surface area contributed by atoms with E-state index in [-0.39, 0.29) is 5.56 Å². The van der Waals surface area contributed by atoms with Crippen LogP contribution in [0.5, 0.6) is 0 Å². The third kappa shape index (κ3) is 3.42. The van der Waals surface area contributed by atoms with Crippen LogP contribution in [0.25, 0.3) is 0 Å². The van der Waals surface area contributed by atoms with Crippen LogP contribution in [0.4, 0.5) is 5.82 Å². The second kappa shape index (κ2) is 6.92. The first-order chi connectivity index (χ1) is 12.2. The highest BCUT2D eigenvalue weighted by atomic mass is 16.5. The van der Waals surface area contributed by atoms with Gasteiger partial charge in [0.1, 0.15) is 12.1 Å². The number of nitrogens with zero attached hydrogens (tertiary/aromatic N) is 5. The lowest BCUT2D eigenvalue weighted by Gasteiger charge is -2.34. The molecule has 2 aromatic heterocycles. The van der Waals surface area contributed by atoms with E-state index in [2.05, 4.69) is 20.0 Å². The lowest BCUT2D eigenvalue weighted by molar-refractivity contribution is 0.109. The van der Waals surface area contributed by atoms with Crippen LogP contribution in [0.2, 0.25) is 0 Å². The number of ether oxygens (including phenoxy) is 1. The van der Waals surface area contributed by atoms with Crippen molar-refractivity contribution in [3.63, 3.8) is 0 Å². The maximum atomic E-state index is 12.0. The lowest BCUT2D eigenvalue weighted by Crippen LogP contribution is -2.38. The highest BCUT2D eigenvalue weighted by Gasteiger charge is 2.25. The molecule has 0 unspecified atom stereocenters. The minimum absolute atomic E-state index is 0.0185. The minimum Gasteiger partial charge on any atom is -0.376 e. The number of fused-ring (bicyclic) bond motifs is 1. The van der Waals surface area contributed by atoms with Gasteiger partial charge in [0.15, 0.2) is 0 Å². The van der Waals surface area contributed by atoms with E-state index in [1.807, 2.05) is 6.92 Å². The topological polar surface area (TPSA) is 73.1 Å². The molecular formula is C18H23N5O2. The predicted molar refractivity (Wildman–Crippen MR) is 93.6 cm³/mol. The van der Waals surface area contributed by atoms with Gasteiger partial charge >= 0.3 is 0 Å². The molecule has 2 aliphatic heterocycles. The summed E-state index contributed by atoms with van der Waals surface area (Å²) in [7, 11) is 0. The first kappa shape index (κ1) is 16.2. The Labute approximate surface area is 146 Å². The van der Waals surface area contributed by atoms with Crippen molar-refractivity contribution >= 4 is 5.82 Å². The van der Waals surface area contributed by atoms with Crippen LogP contribution in [0.1, 0.15) is 29.8 Å². The first-order valence-electron chi connectivity index (χ1n) is 8.91. The second-order valence-corrected chi connectivity index (χ2v) is 6.85. The van der Waals surface area contributed by atoms with Crippen molar-refractivity contribution in [1.29, 1.82) is 0 Å². The van der Waals surface area contributed by atoms with E-state index in [0.29, 0.717) is 19.1 Å². The van der Waals surface area contributed by atoms with Gasteiger partial charge in [-0.25, -0.2) is 14.6 Å². The average molecular weight is 341 g/mol. The molecule has 7 heteroatoms. The van der Waals surface area contributed by atoms with Crippen molar-refractivity contribution in [3.05, 3.63) is 45.8 Å². The number of hydrogen-bond acceptors (Lipinski definition) is 6. The van der Waals surface area contributed by atoms with E-state index in [1.54, 1.807) is 23.1 Å². The van der Waals surface area contributed by atoms with Gasteiger partial charge in [-0.05, 0) is 31.7 Å². The molecule has 7 nitrogen and oxygen atoms in total. The van der Waals surface area contributed by atoms with Crippen LogP contribution in [0.15, 0.2) is 23.3 Å². The third-order valence-electron chi connectivity index (χ3n) is 5.09. The van der Waals surface area contributed by atoms with Crippen LogP contribution in [-0.2, 0) is 24.3 Å². The van der Waals surface area contributed by atoms with Gasteiger partial charge < -0.3 is 9.64 Å². The molecule has 25 heavy (non-hydrogen) atoms. The van der Waals surface area contributed by atoms with Gasteiger partial charge in [-0.2, -0.15) is 5.10 Å². The van der Waals surface area contributed by atoms with Gasteiger partial charge in [0.05, 0.1) is 24.6 Å². The van der Waals surface area contributed by atoms with Gasteiger partial charge in [0, 0.05) is 37.7 Å². The molecular weight excluding hydrogens is 318 g/mol. The number of aromatic nitrogens is 4. The highest BCUT2D eigenvalue weighted by Crippen LogP contribution is 2.28. The van der Waals surface area contributed by atoms with E-state index in [9.17, 15) is 4.79 Å². The Kier molecular flexibility index (Phi) is 4.48. The normalized spacial score (nSPS) is 18.2. The zero-order valence-corrected chi connectivity index (χ0v) is 14.5. The number of aryl methyl sites for hydroxylation is 1. The Balaban J connectivity index is 1.44. The Morgan fingerprint density at radius 2 is 2.08 bits per heavy atom. The fourth-order valence-corrected chi connectivity index (χ4v) is 3.67. The van der Waals surface area contributed by atoms with Crippen LogP contribution < -0.4 is 10.5 Å². The number of piperidine rings is 1. The predicted octanol–water partition coefficient (Wildman–Crippen LogP) is 1.33. The smallest absolute Gasteiger partial charge is 0.266 e. The molecule has 0 bridgehead atoms. The quantitative estimate of drug-likeness (QED) is 0.839. The summed E-state index contributed by atoms with van der Waals surface area (Å²) in [4.78, 5) is 23.2. The molecule has 0 radical (unpaired) electrons. The van der Waals surface area contributed by atoms with Crippen molar-refractivity contribution in [2.75, 3.05) is 24.6 Å². The molecule has 132 valence electrons. The highest BCUT2D eigenvalue weighted by molar-refractivity contribution is 5.49. The van der Waals surface area contributed by atoms with Crippen molar-refractivity contribution in [2.45, 2.75) is 39.3 Å². The maximum Gasteiger partial charge on any atom is 0.266 e. The number of hydrogen-bond donors (Lipinski definition) is 0. The second-order valence-electron chi connectivity index (χ2n) is 6.85. The number of anilines is 1. The van der Waals surface area contributed by atoms with Crippen molar-refractivity contribution in [1.82, 2.24) is 19.7 Å². The molecule has 1 saturated heterocycles. The SMILES string of the molecule is Cc1ccc(=O)n(CC2CCN(c3ncnc4c3COCC4)CC2)n1. The zero-order valence-electron chi connectivity index (χ0n) is 14.5. The van der Waals surface area contributed by atoms with E-state index in [1.165, 1.54) is 0 Å². The fourth-order valence-electron chi connectivity index (χ4n) is 3.67. The third-order valence-corrected chi connectivity index (χ3v) is 5.09. The molecule has 0 saturated carbocycles. The fraction of sp³-hybridized carbons (Fsp3) is 0.556. The molecule has 4 heterocycles. The van der Waals surface area contributed by atoms with Gasteiger partial charge in [-0.15, -0.1) is 0 Å². The van der Waals surface area contributed by atoms with Gasteiger partial charge in [-0.1, -0.05) is 0 Å². The monoisotopic (exact) mass is 341 g/mol. The van der Waals surface area contributed by atoms with Crippen molar-refractivity contribution < 1.29 is 4.74 Å². The Hall–Kier alpha value is -2.28. The molecule has 4 rings (SSSR count). The zero-order chi connectivity index (χ0) is 17.2. The summed E-state index contributed by atoms with van der Waals surface area (Å²) in [6, 6.07) is 3.37. The molecule has 0 amide bonds. The molecule has 2 aliphatic rings. The van der Waals surface area contributed by atoms with E-state index in [0.717, 1.165) is 61.7 Å². The average Bonchev–Trinajstić information content (AvgIpc) is 2.65. The van der Waals surface area contributed by atoms with E-state index >= 15 is 0 Å².